The third-order valence-electron chi connectivity index (χ3n) is 4.97. The van der Waals surface area contributed by atoms with Crippen molar-refractivity contribution < 1.29 is 4.79 Å². The molecule has 2 aromatic rings. The highest BCUT2D eigenvalue weighted by Crippen LogP contribution is 2.29. The van der Waals surface area contributed by atoms with E-state index in [1.165, 1.54) is 24.6 Å². The number of nitrogens with one attached hydrogen (secondary N) is 2. The first kappa shape index (κ1) is 18.3. The van der Waals surface area contributed by atoms with Crippen molar-refractivity contribution in [3.05, 3.63) is 29.3 Å². The van der Waals surface area contributed by atoms with Crippen molar-refractivity contribution in [1.82, 2.24) is 20.5 Å². The van der Waals surface area contributed by atoms with Crippen molar-refractivity contribution >= 4 is 29.3 Å². The lowest BCUT2D eigenvalue weighted by Crippen LogP contribution is -2.44. The van der Waals surface area contributed by atoms with Crippen molar-refractivity contribution in [3.8, 4) is 11.4 Å². The molecule has 1 aliphatic carbocycles. The molecule has 1 aliphatic rings. The van der Waals surface area contributed by atoms with Crippen LogP contribution in [0.3, 0.4) is 0 Å². The number of carbonyl (C=O) groups excluding carboxylic acids is 1. The third kappa shape index (κ3) is 4.76. The number of hydrogen-bond donors (Lipinski definition) is 2. The van der Waals surface area contributed by atoms with Crippen molar-refractivity contribution in [2.24, 2.45) is 11.8 Å². The van der Waals surface area contributed by atoms with Crippen LogP contribution in [0.25, 0.3) is 11.4 Å². The van der Waals surface area contributed by atoms with E-state index >= 15 is 0 Å². The van der Waals surface area contributed by atoms with E-state index in [4.69, 9.17) is 11.6 Å². The third-order valence-corrected chi connectivity index (χ3v) is 6.07. The van der Waals surface area contributed by atoms with Crippen LogP contribution in [0, 0.1) is 11.8 Å². The smallest absolute Gasteiger partial charge is 0.230 e. The van der Waals surface area contributed by atoms with Crippen LogP contribution in [0.4, 0.5) is 0 Å². The Morgan fingerprint density at radius 1 is 1.32 bits per heavy atom. The van der Waals surface area contributed by atoms with E-state index in [0.717, 1.165) is 12.0 Å². The molecule has 1 saturated carbocycles. The lowest BCUT2D eigenvalue weighted by atomic mass is 9.78. The standard InChI is InChI=1S/C18H23ClN4OS/c1-11-4-3-5-15(12(11)2)20-16(24)10-25-18-21-17(22-23-18)13-6-8-14(19)9-7-13/h6-9,11-12,15H,3-5,10H2,1-2H3,(H,20,24)(H,21,22,23). The number of hydrogen-bond acceptors (Lipinski definition) is 4. The Balaban J connectivity index is 1.52. The fourth-order valence-corrected chi connectivity index (χ4v) is 3.95. The Hall–Kier alpha value is -1.53. The Labute approximate surface area is 157 Å². The van der Waals surface area contributed by atoms with Crippen molar-refractivity contribution in [2.75, 3.05) is 5.75 Å². The zero-order chi connectivity index (χ0) is 17.8. The molecular weight excluding hydrogens is 356 g/mol. The highest BCUT2D eigenvalue weighted by atomic mass is 35.5. The number of aromatic amines is 1. The Bertz CT molecular complexity index is 718. The molecule has 3 rings (SSSR count). The molecule has 134 valence electrons. The van der Waals surface area contributed by atoms with Crippen molar-refractivity contribution in [1.29, 1.82) is 0 Å². The van der Waals surface area contributed by atoms with E-state index < -0.39 is 0 Å². The Morgan fingerprint density at radius 2 is 2.08 bits per heavy atom. The van der Waals surface area contributed by atoms with E-state index in [-0.39, 0.29) is 11.9 Å². The van der Waals surface area contributed by atoms with Crippen LogP contribution < -0.4 is 5.32 Å². The fraction of sp³-hybridized carbons (Fsp3) is 0.500. The molecule has 1 heterocycles. The van der Waals surface area contributed by atoms with E-state index in [1.807, 2.05) is 24.3 Å². The second-order valence-electron chi connectivity index (χ2n) is 6.70. The van der Waals surface area contributed by atoms with Gasteiger partial charge < -0.3 is 5.32 Å². The number of carbonyl (C=O) groups is 1. The van der Waals surface area contributed by atoms with Gasteiger partial charge in [-0.05, 0) is 42.5 Å². The summed E-state index contributed by atoms with van der Waals surface area (Å²) in [5.74, 6) is 2.25. The summed E-state index contributed by atoms with van der Waals surface area (Å²) in [6.07, 6.45) is 3.52. The maximum absolute atomic E-state index is 12.2. The molecule has 1 aromatic carbocycles. The van der Waals surface area contributed by atoms with Crippen LogP contribution in [-0.2, 0) is 4.79 Å². The average molecular weight is 379 g/mol. The fourth-order valence-electron chi connectivity index (χ4n) is 3.21. The van der Waals surface area contributed by atoms with E-state index in [0.29, 0.717) is 33.6 Å². The summed E-state index contributed by atoms with van der Waals surface area (Å²) in [6.45, 7) is 4.50. The molecule has 0 aliphatic heterocycles. The quantitative estimate of drug-likeness (QED) is 0.766. The number of halogens is 1. The molecule has 2 N–H and O–H groups in total. The van der Waals surface area contributed by atoms with E-state index in [2.05, 4.69) is 34.3 Å². The van der Waals surface area contributed by atoms with Gasteiger partial charge in [0.05, 0.1) is 5.75 Å². The molecule has 0 spiro atoms. The zero-order valence-electron chi connectivity index (χ0n) is 14.5. The molecule has 1 fully saturated rings. The number of amides is 1. The Morgan fingerprint density at radius 3 is 2.84 bits per heavy atom. The van der Waals surface area contributed by atoms with Crippen LogP contribution >= 0.6 is 23.4 Å². The lowest BCUT2D eigenvalue weighted by Gasteiger charge is -2.34. The number of rotatable bonds is 5. The van der Waals surface area contributed by atoms with Gasteiger partial charge in [-0.15, -0.1) is 5.10 Å². The van der Waals surface area contributed by atoms with Gasteiger partial charge in [0, 0.05) is 16.6 Å². The molecule has 3 atom stereocenters. The molecule has 1 amide bonds. The molecule has 0 bridgehead atoms. The average Bonchev–Trinajstić information content (AvgIpc) is 3.07. The van der Waals surface area contributed by atoms with Gasteiger partial charge in [0.25, 0.3) is 0 Å². The molecule has 0 radical (unpaired) electrons. The SMILES string of the molecule is CC1CCCC(NC(=O)CSc2n[nH]c(-c3ccc(Cl)cc3)n2)C1C. The summed E-state index contributed by atoms with van der Waals surface area (Å²) in [7, 11) is 0. The van der Waals surface area contributed by atoms with E-state index in [9.17, 15) is 4.79 Å². The highest BCUT2D eigenvalue weighted by molar-refractivity contribution is 7.99. The molecule has 1 aromatic heterocycles. The second kappa shape index (κ2) is 8.23. The number of benzene rings is 1. The summed E-state index contributed by atoms with van der Waals surface area (Å²) in [5.41, 5.74) is 0.915. The molecule has 7 heteroatoms. The second-order valence-corrected chi connectivity index (χ2v) is 8.08. The normalized spacial score (nSPS) is 23.4. The topological polar surface area (TPSA) is 70.7 Å². The van der Waals surface area contributed by atoms with Gasteiger partial charge in [0.15, 0.2) is 5.82 Å². The largest absolute Gasteiger partial charge is 0.352 e. The highest BCUT2D eigenvalue weighted by Gasteiger charge is 2.28. The van der Waals surface area contributed by atoms with Crippen molar-refractivity contribution in [2.45, 2.75) is 44.3 Å². The Kier molecular flexibility index (Phi) is 6.02. The van der Waals surface area contributed by atoms with Crippen LogP contribution in [0.5, 0.6) is 0 Å². The van der Waals surface area contributed by atoms with Gasteiger partial charge in [-0.1, -0.05) is 50.1 Å². The van der Waals surface area contributed by atoms with Crippen LogP contribution in [0.1, 0.15) is 33.1 Å². The monoisotopic (exact) mass is 378 g/mol. The van der Waals surface area contributed by atoms with E-state index in [1.54, 1.807) is 0 Å². The first-order chi connectivity index (χ1) is 12.0. The summed E-state index contributed by atoms with van der Waals surface area (Å²) >= 11 is 7.24. The van der Waals surface area contributed by atoms with Gasteiger partial charge in [0.2, 0.25) is 11.1 Å². The minimum Gasteiger partial charge on any atom is -0.352 e. The first-order valence-corrected chi connectivity index (χ1v) is 10.00. The number of aromatic nitrogens is 3. The maximum Gasteiger partial charge on any atom is 0.230 e. The number of H-pyrrole nitrogens is 1. The van der Waals surface area contributed by atoms with Gasteiger partial charge >= 0.3 is 0 Å². The van der Waals surface area contributed by atoms with Crippen LogP contribution in [-0.4, -0.2) is 32.9 Å². The van der Waals surface area contributed by atoms with Gasteiger partial charge in [-0.2, -0.15) is 0 Å². The molecule has 5 nitrogen and oxygen atoms in total. The van der Waals surface area contributed by atoms with Gasteiger partial charge in [-0.3, -0.25) is 9.89 Å². The minimum absolute atomic E-state index is 0.0498. The molecule has 25 heavy (non-hydrogen) atoms. The predicted molar refractivity (Wildman–Crippen MR) is 102 cm³/mol. The molecule has 0 saturated heterocycles. The number of nitrogens with zero attached hydrogens (tertiary/aromatic N) is 2. The van der Waals surface area contributed by atoms with Crippen molar-refractivity contribution in [3.63, 3.8) is 0 Å². The minimum atomic E-state index is 0.0498. The van der Waals surface area contributed by atoms with Gasteiger partial charge in [0.1, 0.15) is 0 Å². The molecular formula is C18H23ClN4OS. The summed E-state index contributed by atoms with van der Waals surface area (Å²) in [5, 5.41) is 11.5. The maximum atomic E-state index is 12.2. The van der Waals surface area contributed by atoms with Crippen LogP contribution in [0.2, 0.25) is 5.02 Å². The summed E-state index contributed by atoms with van der Waals surface area (Å²) < 4.78 is 0. The first-order valence-electron chi connectivity index (χ1n) is 8.63. The van der Waals surface area contributed by atoms with Gasteiger partial charge in [-0.25, -0.2) is 4.98 Å². The van der Waals surface area contributed by atoms with Crippen LogP contribution in [0.15, 0.2) is 29.4 Å². The lowest BCUT2D eigenvalue weighted by molar-refractivity contribution is -0.120. The predicted octanol–water partition coefficient (Wildman–Crippen LogP) is 4.16. The summed E-state index contributed by atoms with van der Waals surface area (Å²) in [6, 6.07) is 7.68. The zero-order valence-corrected chi connectivity index (χ0v) is 16.0. The number of thioether (sulfide) groups is 1. The molecule has 3 unspecified atom stereocenters. The summed E-state index contributed by atoms with van der Waals surface area (Å²) in [4.78, 5) is 16.7.